The molecule has 0 fully saturated rings. The minimum absolute atomic E-state index is 0.0973. The molecule has 1 aromatic heterocycles. The van der Waals surface area contributed by atoms with E-state index in [-0.39, 0.29) is 5.89 Å². The summed E-state index contributed by atoms with van der Waals surface area (Å²) in [5.74, 6) is -0.265. The lowest BCUT2D eigenvalue weighted by atomic mass is 10.1. The van der Waals surface area contributed by atoms with Gasteiger partial charge in [-0.3, -0.25) is 4.79 Å². The van der Waals surface area contributed by atoms with E-state index in [1.54, 1.807) is 18.2 Å². The van der Waals surface area contributed by atoms with E-state index in [1.807, 2.05) is 38.1 Å². The lowest BCUT2D eigenvalue weighted by Crippen LogP contribution is -2.13. The Kier molecular flexibility index (Phi) is 4.12. The van der Waals surface area contributed by atoms with Gasteiger partial charge in [0.05, 0.1) is 0 Å². The van der Waals surface area contributed by atoms with Crippen LogP contribution < -0.4 is 5.32 Å². The number of hydrogen-bond donors (Lipinski definition) is 1. The Morgan fingerprint density at radius 2 is 1.83 bits per heavy atom. The first-order chi connectivity index (χ1) is 11.0. The van der Waals surface area contributed by atoms with E-state index in [1.165, 1.54) is 0 Å². The van der Waals surface area contributed by atoms with Gasteiger partial charge in [0.25, 0.3) is 0 Å². The smallest absolute Gasteiger partial charge is 0.313 e. The van der Waals surface area contributed by atoms with Crippen LogP contribution in [0.3, 0.4) is 0 Å². The van der Waals surface area contributed by atoms with Crippen molar-refractivity contribution >= 4 is 23.2 Å². The van der Waals surface area contributed by atoms with Gasteiger partial charge in [0.15, 0.2) is 0 Å². The molecule has 1 amide bonds. The van der Waals surface area contributed by atoms with Crippen LogP contribution in [0.1, 0.15) is 21.8 Å². The molecular formula is C17H14ClN3O2. The van der Waals surface area contributed by atoms with E-state index < -0.39 is 5.91 Å². The van der Waals surface area contributed by atoms with E-state index in [4.69, 9.17) is 16.0 Å². The van der Waals surface area contributed by atoms with Crippen LogP contribution in [0.2, 0.25) is 5.02 Å². The summed E-state index contributed by atoms with van der Waals surface area (Å²) in [4.78, 5) is 12.2. The fourth-order valence-electron chi connectivity index (χ4n) is 2.05. The molecule has 3 aromatic rings. The molecule has 5 nitrogen and oxygen atoms in total. The molecule has 0 aliphatic carbocycles. The number of hydrogen-bond acceptors (Lipinski definition) is 4. The van der Waals surface area contributed by atoms with Gasteiger partial charge in [0.1, 0.15) is 0 Å². The van der Waals surface area contributed by atoms with E-state index >= 15 is 0 Å². The summed E-state index contributed by atoms with van der Waals surface area (Å²) in [6, 6.07) is 12.9. The summed E-state index contributed by atoms with van der Waals surface area (Å²) in [5.41, 5.74) is 3.28. The van der Waals surface area contributed by atoms with E-state index in [0.29, 0.717) is 16.6 Å². The first kappa shape index (κ1) is 15.2. The van der Waals surface area contributed by atoms with Crippen LogP contribution in [0.15, 0.2) is 46.9 Å². The predicted octanol–water partition coefficient (Wildman–Crippen LogP) is 4.26. The maximum Gasteiger partial charge on any atom is 0.313 e. The van der Waals surface area contributed by atoms with Crippen LogP contribution in [0.5, 0.6) is 0 Å². The predicted molar refractivity (Wildman–Crippen MR) is 88.6 cm³/mol. The Morgan fingerprint density at radius 1 is 1.09 bits per heavy atom. The van der Waals surface area contributed by atoms with Crippen LogP contribution in [0.25, 0.3) is 11.5 Å². The van der Waals surface area contributed by atoms with Crippen molar-refractivity contribution in [1.29, 1.82) is 0 Å². The Balaban J connectivity index is 1.81. The second-order valence-electron chi connectivity index (χ2n) is 5.14. The van der Waals surface area contributed by atoms with Crippen molar-refractivity contribution in [3.05, 3.63) is 64.5 Å². The Bertz CT molecular complexity index is 857. The maximum absolute atomic E-state index is 12.2. The highest BCUT2D eigenvalue weighted by molar-refractivity contribution is 6.31. The van der Waals surface area contributed by atoms with Crippen LogP contribution in [-0.4, -0.2) is 16.1 Å². The number of benzene rings is 2. The van der Waals surface area contributed by atoms with Gasteiger partial charge >= 0.3 is 11.8 Å². The number of aromatic nitrogens is 2. The number of nitrogens with zero attached hydrogens (tertiary/aromatic N) is 2. The third-order valence-corrected chi connectivity index (χ3v) is 3.84. The third-order valence-electron chi connectivity index (χ3n) is 3.43. The number of rotatable bonds is 3. The first-order valence-electron chi connectivity index (χ1n) is 7.01. The average Bonchev–Trinajstić information content (AvgIpc) is 3.02. The van der Waals surface area contributed by atoms with Crippen molar-refractivity contribution in [1.82, 2.24) is 10.2 Å². The van der Waals surface area contributed by atoms with Gasteiger partial charge in [0, 0.05) is 16.3 Å². The third kappa shape index (κ3) is 3.24. The molecule has 0 saturated carbocycles. The molecule has 1 heterocycles. The molecular weight excluding hydrogens is 314 g/mol. The van der Waals surface area contributed by atoms with Gasteiger partial charge in [-0.05, 0) is 43.7 Å². The standard InChI is InChI=1S/C17H14ClN3O2/c1-10-6-8-12(9-7-10)16-20-21-17(23-16)15(22)19-14-5-3-4-13(18)11(14)2/h3-9H,1-2H3,(H,19,22). The minimum Gasteiger partial charge on any atom is -0.412 e. The Labute approximate surface area is 138 Å². The van der Waals surface area contributed by atoms with Crippen molar-refractivity contribution in [3.8, 4) is 11.5 Å². The lowest BCUT2D eigenvalue weighted by molar-refractivity contribution is 0.0990. The molecule has 0 aliphatic rings. The number of nitrogens with one attached hydrogen (secondary N) is 1. The minimum atomic E-state index is -0.471. The van der Waals surface area contributed by atoms with Crippen LogP contribution in [0, 0.1) is 13.8 Å². The summed E-state index contributed by atoms with van der Waals surface area (Å²) in [6.07, 6.45) is 0. The maximum atomic E-state index is 12.2. The first-order valence-corrected chi connectivity index (χ1v) is 7.39. The number of halogens is 1. The molecule has 0 spiro atoms. The van der Waals surface area contributed by atoms with Crippen molar-refractivity contribution in [2.75, 3.05) is 5.32 Å². The van der Waals surface area contributed by atoms with Crippen LogP contribution >= 0.6 is 11.6 Å². The van der Waals surface area contributed by atoms with Gasteiger partial charge in [-0.1, -0.05) is 35.4 Å². The zero-order valence-electron chi connectivity index (χ0n) is 12.6. The molecule has 1 N–H and O–H groups in total. The summed E-state index contributed by atoms with van der Waals surface area (Å²) < 4.78 is 5.45. The van der Waals surface area contributed by atoms with Gasteiger partial charge in [-0.2, -0.15) is 0 Å². The molecule has 6 heteroatoms. The monoisotopic (exact) mass is 327 g/mol. The van der Waals surface area contributed by atoms with Crippen molar-refractivity contribution < 1.29 is 9.21 Å². The second-order valence-corrected chi connectivity index (χ2v) is 5.55. The van der Waals surface area contributed by atoms with E-state index in [2.05, 4.69) is 15.5 Å². The summed E-state index contributed by atoms with van der Waals surface area (Å²) in [7, 11) is 0. The zero-order chi connectivity index (χ0) is 16.4. The van der Waals surface area contributed by atoms with Crippen LogP contribution in [-0.2, 0) is 0 Å². The average molecular weight is 328 g/mol. The molecule has 0 atom stereocenters. The normalized spacial score (nSPS) is 10.6. The molecule has 0 aliphatic heterocycles. The number of aryl methyl sites for hydroxylation is 1. The summed E-state index contributed by atoms with van der Waals surface area (Å²) in [6.45, 7) is 3.81. The number of carbonyl (C=O) groups is 1. The Morgan fingerprint density at radius 3 is 2.57 bits per heavy atom. The SMILES string of the molecule is Cc1ccc(-c2nnc(C(=O)Nc3cccc(Cl)c3C)o2)cc1. The fourth-order valence-corrected chi connectivity index (χ4v) is 2.22. The topological polar surface area (TPSA) is 68.0 Å². The van der Waals surface area contributed by atoms with Gasteiger partial charge in [-0.25, -0.2) is 0 Å². The molecule has 2 aromatic carbocycles. The quantitative estimate of drug-likeness (QED) is 0.780. The molecule has 0 saturated heterocycles. The summed E-state index contributed by atoms with van der Waals surface area (Å²) in [5, 5.41) is 11.0. The molecule has 0 unspecified atom stereocenters. The number of carbonyl (C=O) groups excluding carboxylic acids is 1. The van der Waals surface area contributed by atoms with Crippen molar-refractivity contribution in [2.45, 2.75) is 13.8 Å². The highest BCUT2D eigenvalue weighted by atomic mass is 35.5. The lowest BCUT2D eigenvalue weighted by Gasteiger charge is -2.07. The number of anilines is 1. The fraction of sp³-hybridized carbons (Fsp3) is 0.118. The summed E-state index contributed by atoms with van der Waals surface area (Å²) >= 11 is 6.04. The van der Waals surface area contributed by atoms with Gasteiger partial charge < -0.3 is 9.73 Å². The molecule has 3 rings (SSSR count). The van der Waals surface area contributed by atoms with Crippen LogP contribution in [0.4, 0.5) is 5.69 Å². The highest BCUT2D eigenvalue weighted by Gasteiger charge is 2.17. The highest BCUT2D eigenvalue weighted by Crippen LogP contribution is 2.24. The van der Waals surface area contributed by atoms with Gasteiger partial charge in [-0.15, -0.1) is 10.2 Å². The molecule has 0 radical (unpaired) electrons. The van der Waals surface area contributed by atoms with Crippen molar-refractivity contribution in [2.24, 2.45) is 0 Å². The van der Waals surface area contributed by atoms with Crippen molar-refractivity contribution in [3.63, 3.8) is 0 Å². The Hall–Kier alpha value is -2.66. The molecule has 23 heavy (non-hydrogen) atoms. The largest absolute Gasteiger partial charge is 0.412 e. The molecule has 116 valence electrons. The van der Waals surface area contributed by atoms with E-state index in [0.717, 1.165) is 16.7 Å². The molecule has 0 bridgehead atoms. The second kappa shape index (κ2) is 6.22. The number of amides is 1. The van der Waals surface area contributed by atoms with E-state index in [9.17, 15) is 4.79 Å². The zero-order valence-corrected chi connectivity index (χ0v) is 13.4. The van der Waals surface area contributed by atoms with Gasteiger partial charge in [0.2, 0.25) is 5.89 Å².